The molecule has 12 heteroatoms. The molecule has 12 nitrogen and oxygen atoms in total. The van der Waals surface area contributed by atoms with Gasteiger partial charge in [-0.25, -0.2) is 0 Å². The SMILES string of the molecule is NC(=O)C1CCCN1C(=O)C(CNC(=O)C(N)Cc1ccccc1)(NC=O)C(=O)C=CC(N)Cc1ccc(O)cc1. The Kier molecular flexibility index (Phi) is 10.7. The van der Waals surface area contributed by atoms with Crippen molar-refractivity contribution in [1.82, 2.24) is 15.5 Å². The number of carbonyl (C=O) groups excluding carboxylic acids is 5. The number of nitrogens with two attached hydrogens (primary N) is 3. The van der Waals surface area contributed by atoms with Crippen molar-refractivity contribution in [3.8, 4) is 5.75 Å². The number of amides is 4. The highest BCUT2D eigenvalue weighted by Gasteiger charge is 2.50. The molecule has 218 valence electrons. The number of primary amides is 1. The second kappa shape index (κ2) is 14.2. The van der Waals surface area contributed by atoms with Gasteiger partial charge >= 0.3 is 0 Å². The first-order valence-electron chi connectivity index (χ1n) is 13.2. The number of carbonyl (C=O) groups is 5. The lowest BCUT2D eigenvalue weighted by atomic mass is 9.90. The Labute approximate surface area is 237 Å². The van der Waals surface area contributed by atoms with Crippen molar-refractivity contribution < 1.29 is 29.1 Å². The second-order valence-electron chi connectivity index (χ2n) is 10.00. The molecule has 0 saturated carbocycles. The van der Waals surface area contributed by atoms with E-state index in [2.05, 4.69) is 10.6 Å². The Balaban J connectivity index is 1.85. The van der Waals surface area contributed by atoms with Crippen LogP contribution in [0.5, 0.6) is 5.75 Å². The van der Waals surface area contributed by atoms with Crippen LogP contribution < -0.4 is 27.8 Å². The molecule has 1 saturated heterocycles. The van der Waals surface area contributed by atoms with Crippen molar-refractivity contribution >= 4 is 29.9 Å². The molecule has 3 rings (SSSR count). The summed E-state index contributed by atoms with van der Waals surface area (Å²) in [5.41, 5.74) is 17.1. The summed E-state index contributed by atoms with van der Waals surface area (Å²) in [6.45, 7) is -0.488. The van der Waals surface area contributed by atoms with Crippen molar-refractivity contribution in [3.05, 3.63) is 77.9 Å². The lowest BCUT2D eigenvalue weighted by Gasteiger charge is -2.35. The zero-order chi connectivity index (χ0) is 30.0. The summed E-state index contributed by atoms with van der Waals surface area (Å²) in [6.07, 6.45) is 3.91. The summed E-state index contributed by atoms with van der Waals surface area (Å²) >= 11 is 0. The highest BCUT2D eigenvalue weighted by atomic mass is 16.3. The number of phenolic OH excluding ortho intramolecular Hbond substituents is 1. The number of benzene rings is 2. The lowest BCUT2D eigenvalue weighted by molar-refractivity contribution is -0.148. The molecule has 2 aromatic rings. The molecule has 2 aromatic carbocycles. The highest BCUT2D eigenvalue weighted by molar-refractivity contribution is 6.17. The number of hydrogen-bond donors (Lipinski definition) is 6. The maximum absolute atomic E-state index is 13.9. The minimum Gasteiger partial charge on any atom is -0.508 e. The van der Waals surface area contributed by atoms with Crippen LogP contribution in [0.2, 0.25) is 0 Å². The fraction of sp³-hybridized carbons (Fsp3) is 0.345. The van der Waals surface area contributed by atoms with E-state index < -0.39 is 53.7 Å². The molecule has 0 aliphatic carbocycles. The monoisotopic (exact) mass is 564 g/mol. The number of hydrogen-bond acceptors (Lipinski definition) is 8. The van der Waals surface area contributed by atoms with E-state index in [1.807, 2.05) is 18.2 Å². The third-order valence-electron chi connectivity index (χ3n) is 7.00. The maximum atomic E-state index is 13.9. The molecule has 4 amide bonds. The predicted molar refractivity (Wildman–Crippen MR) is 151 cm³/mol. The molecular formula is C29H36N6O6. The third-order valence-corrected chi connectivity index (χ3v) is 7.00. The maximum Gasteiger partial charge on any atom is 0.259 e. The minimum absolute atomic E-state index is 0.0954. The zero-order valence-electron chi connectivity index (χ0n) is 22.6. The Bertz CT molecular complexity index is 1270. The van der Waals surface area contributed by atoms with Gasteiger partial charge in [0.1, 0.15) is 11.8 Å². The third kappa shape index (κ3) is 7.99. The number of phenols is 1. The molecule has 0 bridgehead atoms. The average Bonchev–Trinajstić information content (AvgIpc) is 3.46. The van der Waals surface area contributed by atoms with E-state index in [1.165, 1.54) is 18.2 Å². The van der Waals surface area contributed by atoms with Gasteiger partial charge in [-0.15, -0.1) is 0 Å². The minimum atomic E-state index is -2.28. The first-order chi connectivity index (χ1) is 19.6. The number of nitrogens with zero attached hydrogens (tertiary/aromatic N) is 1. The Morgan fingerprint density at radius 3 is 2.32 bits per heavy atom. The van der Waals surface area contributed by atoms with E-state index >= 15 is 0 Å². The fourth-order valence-corrected chi connectivity index (χ4v) is 4.74. The summed E-state index contributed by atoms with van der Waals surface area (Å²) in [6, 6.07) is 12.8. The van der Waals surface area contributed by atoms with Crippen LogP contribution in [-0.4, -0.2) is 76.7 Å². The van der Waals surface area contributed by atoms with Gasteiger partial charge in [-0.05, 0) is 55.0 Å². The van der Waals surface area contributed by atoms with Crippen molar-refractivity contribution in [2.24, 2.45) is 17.2 Å². The molecule has 1 aliphatic heterocycles. The topological polar surface area (TPSA) is 211 Å². The number of ketones is 1. The number of likely N-dealkylation sites (tertiary alicyclic amines) is 1. The lowest BCUT2D eigenvalue weighted by Crippen LogP contribution is -2.68. The van der Waals surface area contributed by atoms with Crippen LogP contribution in [0.1, 0.15) is 24.0 Å². The Hall–Kier alpha value is -4.55. The second-order valence-corrected chi connectivity index (χ2v) is 10.00. The molecule has 4 unspecified atom stereocenters. The van der Waals surface area contributed by atoms with Crippen molar-refractivity contribution in [1.29, 1.82) is 0 Å². The molecule has 4 atom stereocenters. The fourth-order valence-electron chi connectivity index (χ4n) is 4.74. The summed E-state index contributed by atoms with van der Waals surface area (Å²) in [4.78, 5) is 65.4. The van der Waals surface area contributed by atoms with Gasteiger partial charge in [-0.1, -0.05) is 48.5 Å². The highest BCUT2D eigenvalue weighted by Crippen LogP contribution is 2.23. The average molecular weight is 565 g/mol. The van der Waals surface area contributed by atoms with Crippen molar-refractivity contribution in [2.75, 3.05) is 13.1 Å². The molecule has 0 aromatic heterocycles. The molecule has 0 radical (unpaired) electrons. The van der Waals surface area contributed by atoms with E-state index in [-0.39, 0.29) is 25.1 Å². The molecule has 41 heavy (non-hydrogen) atoms. The standard InChI is InChI=1S/C29H36N6O6/c30-21(15-20-8-11-22(37)12-9-20)10-13-25(38)29(34-18-36,28(41)35-14-4-7-24(35)26(32)39)17-33-27(40)23(31)16-19-5-2-1-3-6-19/h1-3,5-6,8-13,18,21,23-24,37H,4,7,14-17,30-31H2,(H2,32,39)(H,33,40)(H,34,36). The van der Waals surface area contributed by atoms with Crippen LogP contribution in [0, 0.1) is 0 Å². The molecule has 1 heterocycles. The first kappa shape index (κ1) is 31.0. The molecule has 1 aliphatic rings. The van der Waals surface area contributed by atoms with Crippen LogP contribution in [0.25, 0.3) is 0 Å². The first-order valence-corrected chi connectivity index (χ1v) is 13.2. The molecule has 9 N–H and O–H groups in total. The summed E-state index contributed by atoms with van der Waals surface area (Å²) < 4.78 is 0. The number of aromatic hydroxyl groups is 1. The normalized spacial score (nSPS) is 17.8. The molecule has 0 spiro atoms. The zero-order valence-corrected chi connectivity index (χ0v) is 22.6. The molecular weight excluding hydrogens is 528 g/mol. The Morgan fingerprint density at radius 2 is 1.68 bits per heavy atom. The van der Waals surface area contributed by atoms with E-state index in [0.29, 0.717) is 19.3 Å². The van der Waals surface area contributed by atoms with E-state index in [4.69, 9.17) is 17.2 Å². The van der Waals surface area contributed by atoms with Crippen LogP contribution in [-0.2, 0) is 36.8 Å². The van der Waals surface area contributed by atoms with Gasteiger partial charge in [0.05, 0.1) is 12.6 Å². The van der Waals surface area contributed by atoms with Crippen LogP contribution in [0.3, 0.4) is 0 Å². The van der Waals surface area contributed by atoms with Gasteiger partial charge in [0, 0.05) is 12.6 Å². The predicted octanol–water partition coefficient (Wildman–Crippen LogP) is -0.965. The number of rotatable bonds is 14. The smallest absolute Gasteiger partial charge is 0.259 e. The summed E-state index contributed by atoms with van der Waals surface area (Å²) in [5, 5.41) is 14.3. The largest absolute Gasteiger partial charge is 0.508 e. The number of nitrogens with one attached hydrogen (secondary N) is 2. The van der Waals surface area contributed by atoms with Gasteiger partial charge in [0.25, 0.3) is 5.91 Å². The van der Waals surface area contributed by atoms with Gasteiger partial charge < -0.3 is 37.8 Å². The van der Waals surface area contributed by atoms with E-state index in [1.54, 1.807) is 24.3 Å². The van der Waals surface area contributed by atoms with E-state index in [9.17, 15) is 29.1 Å². The summed E-state index contributed by atoms with van der Waals surface area (Å²) in [7, 11) is 0. The van der Waals surface area contributed by atoms with Gasteiger partial charge in [0.2, 0.25) is 18.2 Å². The van der Waals surface area contributed by atoms with Gasteiger partial charge in [-0.2, -0.15) is 0 Å². The quantitative estimate of drug-likeness (QED) is 0.0953. The van der Waals surface area contributed by atoms with Crippen molar-refractivity contribution in [3.63, 3.8) is 0 Å². The van der Waals surface area contributed by atoms with E-state index in [0.717, 1.165) is 22.1 Å². The van der Waals surface area contributed by atoms with Crippen molar-refractivity contribution in [2.45, 2.75) is 49.3 Å². The van der Waals surface area contributed by atoms with Crippen LogP contribution in [0.15, 0.2) is 66.7 Å². The summed E-state index contributed by atoms with van der Waals surface area (Å²) in [5.74, 6) is -3.04. The molecule has 1 fully saturated rings. The van der Waals surface area contributed by atoms with Gasteiger partial charge in [-0.3, -0.25) is 24.0 Å². The van der Waals surface area contributed by atoms with Crippen LogP contribution in [0.4, 0.5) is 0 Å². The van der Waals surface area contributed by atoms with Gasteiger partial charge in [0.15, 0.2) is 11.3 Å². The van der Waals surface area contributed by atoms with Crippen LogP contribution >= 0.6 is 0 Å². The Morgan fingerprint density at radius 1 is 1.02 bits per heavy atom.